The average Bonchev–Trinajstić information content (AvgIpc) is 2.18. The second-order valence-corrected chi connectivity index (χ2v) is 2.97. The number of hydrogen-bond acceptors (Lipinski definition) is 4. The lowest BCUT2D eigenvalue weighted by Gasteiger charge is -2.01. The van der Waals surface area contributed by atoms with Crippen LogP contribution < -0.4 is 5.73 Å². The van der Waals surface area contributed by atoms with Gasteiger partial charge in [0.1, 0.15) is 11.5 Å². The number of aromatic nitrogens is 3. The van der Waals surface area contributed by atoms with Crippen molar-refractivity contribution in [2.24, 2.45) is 0 Å². The molecule has 0 aliphatic heterocycles. The third kappa shape index (κ3) is 1.69. The van der Waals surface area contributed by atoms with Crippen LogP contribution in [0.15, 0.2) is 30.5 Å². The van der Waals surface area contributed by atoms with E-state index >= 15 is 0 Å². The fraction of sp³-hybridized carbons (Fsp3) is 0.100. The van der Waals surface area contributed by atoms with Crippen molar-refractivity contribution in [2.45, 2.75) is 6.92 Å². The SMILES string of the molecule is Cc1cc(N)nc(-c2ccccn2)n1. The van der Waals surface area contributed by atoms with Gasteiger partial charge in [0.05, 0.1) is 0 Å². The summed E-state index contributed by atoms with van der Waals surface area (Å²) in [7, 11) is 0. The molecule has 0 aromatic carbocycles. The molecule has 2 aromatic heterocycles. The van der Waals surface area contributed by atoms with Gasteiger partial charge in [0.2, 0.25) is 0 Å². The lowest BCUT2D eigenvalue weighted by molar-refractivity contribution is 1.10. The second kappa shape index (κ2) is 3.41. The van der Waals surface area contributed by atoms with Crippen LogP contribution in [0, 0.1) is 6.92 Å². The zero-order chi connectivity index (χ0) is 9.97. The molecule has 0 bridgehead atoms. The van der Waals surface area contributed by atoms with Crippen LogP contribution in [0.2, 0.25) is 0 Å². The summed E-state index contributed by atoms with van der Waals surface area (Å²) in [4.78, 5) is 12.5. The Morgan fingerprint density at radius 1 is 1.21 bits per heavy atom. The molecule has 0 unspecified atom stereocenters. The molecule has 0 amide bonds. The molecule has 0 radical (unpaired) electrons. The van der Waals surface area contributed by atoms with E-state index < -0.39 is 0 Å². The van der Waals surface area contributed by atoms with Gasteiger partial charge < -0.3 is 5.73 Å². The van der Waals surface area contributed by atoms with Gasteiger partial charge in [-0.2, -0.15) is 0 Å². The normalized spacial score (nSPS) is 10.1. The Hall–Kier alpha value is -1.97. The molecule has 4 heteroatoms. The highest BCUT2D eigenvalue weighted by atomic mass is 15.0. The Labute approximate surface area is 81.9 Å². The summed E-state index contributed by atoms with van der Waals surface area (Å²) < 4.78 is 0. The summed E-state index contributed by atoms with van der Waals surface area (Å²) >= 11 is 0. The number of nitrogens with zero attached hydrogens (tertiary/aromatic N) is 3. The van der Waals surface area contributed by atoms with Crippen molar-refractivity contribution in [3.05, 3.63) is 36.2 Å². The quantitative estimate of drug-likeness (QED) is 0.731. The van der Waals surface area contributed by atoms with Gasteiger partial charge in [0.25, 0.3) is 0 Å². The van der Waals surface area contributed by atoms with Gasteiger partial charge in [-0.1, -0.05) is 6.07 Å². The third-order valence-electron chi connectivity index (χ3n) is 1.77. The standard InChI is InChI=1S/C10H10N4/c1-7-6-9(11)14-10(13-7)8-4-2-3-5-12-8/h2-6H,1H3,(H2,11,13,14). The number of hydrogen-bond donors (Lipinski definition) is 1. The fourth-order valence-electron chi connectivity index (χ4n) is 1.20. The first kappa shape index (κ1) is 8.62. The molecule has 0 aliphatic carbocycles. The number of anilines is 1. The topological polar surface area (TPSA) is 64.7 Å². The first-order valence-electron chi connectivity index (χ1n) is 4.28. The minimum atomic E-state index is 0.471. The molecule has 0 aliphatic rings. The summed E-state index contributed by atoms with van der Waals surface area (Å²) in [6, 6.07) is 7.33. The monoisotopic (exact) mass is 186 g/mol. The Kier molecular flexibility index (Phi) is 2.10. The summed E-state index contributed by atoms with van der Waals surface area (Å²) in [5.74, 6) is 1.04. The Morgan fingerprint density at radius 3 is 2.71 bits per heavy atom. The summed E-state index contributed by atoms with van der Waals surface area (Å²) in [5.41, 5.74) is 7.20. The van der Waals surface area contributed by atoms with Crippen LogP contribution in [-0.2, 0) is 0 Å². The molecular weight excluding hydrogens is 176 g/mol. The average molecular weight is 186 g/mol. The largest absolute Gasteiger partial charge is 0.384 e. The molecule has 2 heterocycles. The predicted molar refractivity (Wildman–Crippen MR) is 54.4 cm³/mol. The number of nitrogens with two attached hydrogens (primary N) is 1. The molecule has 2 aromatic rings. The molecule has 0 atom stereocenters. The van der Waals surface area contributed by atoms with Gasteiger partial charge in [-0.3, -0.25) is 4.98 Å². The predicted octanol–water partition coefficient (Wildman–Crippen LogP) is 1.43. The Bertz CT molecular complexity index is 419. The summed E-state index contributed by atoms with van der Waals surface area (Å²) in [6.45, 7) is 1.88. The summed E-state index contributed by atoms with van der Waals surface area (Å²) in [5, 5.41) is 0. The highest BCUT2D eigenvalue weighted by Gasteiger charge is 2.03. The Morgan fingerprint density at radius 2 is 2.07 bits per heavy atom. The summed E-state index contributed by atoms with van der Waals surface area (Å²) in [6.07, 6.45) is 1.71. The van der Waals surface area contributed by atoms with E-state index in [1.165, 1.54) is 0 Å². The van der Waals surface area contributed by atoms with Gasteiger partial charge in [-0.05, 0) is 19.1 Å². The third-order valence-corrected chi connectivity index (χ3v) is 1.77. The van der Waals surface area contributed by atoms with E-state index in [1.54, 1.807) is 12.3 Å². The molecule has 0 saturated heterocycles. The van der Waals surface area contributed by atoms with E-state index in [0.717, 1.165) is 11.4 Å². The maximum atomic E-state index is 5.62. The highest BCUT2D eigenvalue weighted by molar-refractivity contribution is 5.51. The van der Waals surface area contributed by atoms with Crippen LogP contribution in [0.25, 0.3) is 11.5 Å². The maximum absolute atomic E-state index is 5.62. The van der Waals surface area contributed by atoms with E-state index in [0.29, 0.717) is 11.6 Å². The van der Waals surface area contributed by atoms with Crippen LogP contribution in [-0.4, -0.2) is 15.0 Å². The van der Waals surface area contributed by atoms with Crippen molar-refractivity contribution in [3.8, 4) is 11.5 Å². The van der Waals surface area contributed by atoms with Crippen molar-refractivity contribution in [2.75, 3.05) is 5.73 Å². The smallest absolute Gasteiger partial charge is 0.180 e. The van der Waals surface area contributed by atoms with Gasteiger partial charge in [-0.25, -0.2) is 9.97 Å². The second-order valence-electron chi connectivity index (χ2n) is 2.97. The molecule has 14 heavy (non-hydrogen) atoms. The van der Waals surface area contributed by atoms with E-state index in [9.17, 15) is 0 Å². The number of rotatable bonds is 1. The van der Waals surface area contributed by atoms with Crippen molar-refractivity contribution in [1.82, 2.24) is 15.0 Å². The molecule has 0 fully saturated rings. The van der Waals surface area contributed by atoms with Gasteiger partial charge in [-0.15, -0.1) is 0 Å². The number of aryl methyl sites for hydroxylation is 1. The van der Waals surface area contributed by atoms with Crippen LogP contribution in [0.3, 0.4) is 0 Å². The first-order chi connectivity index (χ1) is 6.75. The van der Waals surface area contributed by atoms with E-state index in [1.807, 2.05) is 25.1 Å². The number of nitrogen functional groups attached to an aromatic ring is 1. The lowest BCUT2D eigenvalue weighted by atomic mass is 10.3. The molecule has 2 rings (SSSR count). The minimum absolute atomic E-state index is 0.471. The Balaban J connectivity index is 2.52. The van der Waals surface area contributed by atoms with Crippen molar-refractivity contribution < 1.29 is 0 Å². The lowest BCUT2D eigenvalue weighted by Crippen LogP contribution is -1.98. The molecule has 4 nitrogen and oxygen atoms in total. The zero-order valence-electron chi connectivity index (χ0n) is 7.81. The number of pyridine rings is 1. The molecule has 70 valence electrons. The van der Waals surface area contributed by atoms with E-state index in [-0.39, 0.29) is 0 Å². The van der Waals surface area contributed by atoms with Gasteiger partial charge in [0.15, 0.2) is 5.82 Å². The molecule has 0 spiro atoms. The highest BCUT2D eigenvalue weighted by Crippen LogP contribution is 2.12. The first-order valence-corrected chi connectivity index (χ1v) is 4.28. The van der Waals surface area contributed by atoms with Crippen molar-refractivity contribution in [3.63, 3.8) is 0 Å². The van der Waals surface area contributed by atoms with Crippen molar-refractivity contribution in [1.29, 1.82) is 0 Å². The molecule has 0 saturated carbocycles. The van der Waals surface area contributed by atoms with Crippen molar-refractivity contribution >= 4 is 5.82 Å². The van der Waals surface area contributed by atoms with E-state index in [4.69, 9.17) is 5.73 Å². The minimum Gasteiger partial charge on any atom is -0.384 e. The zero-order valence-corrected chi connectivity index (χ0v) is 7.81. The molecule has 2 N–H and O–H groups in total. The van der Waals surface area contributed by atoms with Gasteiger partial charge >= 0.3 is 0 Å². The maximum Gasteiger partial charge on any atom is 0.180 e. The van der Waals surface area contributed by atoms with Crippen LogP contribution in [0.4, 0.5) is 5.82 Å². The van der Waals surface area contributed by atoms with Crippen LogP contribution >= 0.6 is 0 Å². The van der Waals surface area contributed by atoms with Gasteiger partial charge in [0, 0.05) is 18.0 Å². The van der Waals surface area contributed by atoms with E-state index in [2.05, 4.69) is 15.0 Å². The fourth-order valence-corrected chi connectivity index (χ4v) is 1.20. The molecular formula is C10H10N4. The van der Waals surface area contributed by atoms with Crippen LogP contribution in [0.5, 0.6) is 0 Å². The van der Waals surface area contributed by atoms with Crippen LogP contribution in [0.1, 0.15) is 5.69 Å².